The number of esters is 1. The lowest BCUT2D eigenvalue weighted by Crippen LogP contribution is -2.18. The normalized spacial score (nSPS) is 11.0. The van der Waals surface area contributed by atoms with Gasteiger partial charge in [-0.1, -0.05) is 11.8 Å². The van der Waals surface area contributed by atoms with Gasteiger partial charge in [-0.2, -0.15) is 4.98 Å². The second kappa shape index (κ2) is 8.65. The fourth-order valence-corrected chi connectivity index (χ4v) is 3.72. The van der Waals surface area contributed by atoms with Crippen LogP contribution in [0.5, 0.6) is 0 Å². The molecule has 0 unspecified atom stereocenters. The minimum Gasteiger partial charge on any atom is -0.466 e. The highest BCUT2D eigenvalue weighted by molar-refractivity contribution is 7.98. The molecule has 0 radical (unpaired) electrons. The van der Waals surface area contributed by atoms with E-state index in [0.717, 1.165) is 17.0 Å². The van der Waals surface area contributed by atoms with Crippen molar-refractivity contribution < 1.29 is 14.3 Å². The van der Waals surface area contributed by atoms with Crippen LogP contribution in [0.25, 0.3) is 5.78 Å². The van der Waals surface area contributed by atoms with Crippen LogP contribution in [0.15, 0.2) is 10.5 Å². The first-order valence-corrected chi connectivity index (χ1v) is 10.7. The van der Waals surface area contributed by atoms with E-state index in [2.05, 4.69) is 25.4 Å². The Morgan fingerprint density at radius 3 is 2.75 bits per heavy atom. The van der Waals surface area contributed by atoms with Gasteiger partial charge in [0.05, 0.1) is 25.1 Å². The first kappa shape index (κ1) is 20.2. The number of thioether (sulfide) groups is 1. The van der Waals surface area contributed by atoms with E-state index in [1.807, 2.05) is 20.1 Å². The molecule has 0 saturated carbocycles. The van der Waals surface area contributed by atoms with Gasteiger partial charge < -0.3 is 10.1 Å². The zero-order valence-electron chi connectivity index (χ0n) is 16.0. The molecule has 28 heavy (non-hydrogen) atoms. The van der Waals surface area contributed by atoms with E-state index in [-0.39, 0.29) is 24.7 Å². The number of nitrogens with one attached hydrogen (secondary N) is 1. The molecule has 0 saturated heterocycles. The van der Waals surface area contributed by atoms with Crippen molar-refractivity contribution in [3.8, 4) is 0 Å². The standard InChI is InChI=1S/C17H20N6O3S2/c1-5-26-14(25)6-11-8-28-16(19-11)20-13(24)7-12-9(2)18-15-21-17(27-4)22-23(15)10(12)3/h8H,5-7H2,1-4H3,(H,19,20,24). The van der Waals surface area contributed by atoms with E-state index in [9.17, 15) is 9.59 Å². The van der Waals surface area contributed by atoms with Crippen molar-refractivity contribution in [1.29, 1.82) is 0 Å². The Morgan fingerprint density at radius 2 is 2.04 bits per heavy atom. The van der Waals surface area contributed by atoms with Gasteiger partial charge in [0.1, 0.15) is 0 Å². The molecule has 0 spiro atoms. The van der Waals surface area contributed by atoms with Gasteiger partial charge in [-0.15, -0.1) is 16.4 Å². The van der Waals surface area contributed by atoms with Crippen LogP contribution >= 0.6 is 23.1 Å². The predicted molar refractivity (Wildman–Crippen MR) is 107 cm³/mol. The number of ether oxygens (including phenoxy) is 1. The molecular weight excluding hydrogens is 400 g/mol. The molecular formula is C17H20N6O3S2. The minimum atomic E-state index is -0.339. The number of hydrogen-bond donors (Lipinski definition) is 1. The van der Waals surface area contributed by atoms with Gasteiger partial charge in [0.2, 0.25) is 11.1 Å². The summed E-state index contributed by atoms with van der Waals surface area (Å²) in [5.41, 5.74) is 2.93. The molecule has 0 atom stereocenters. The fourth-order valence-electron chi connectivity index (χ4n) is 2.66. The molecule has 1 N–H and O–H groups in total. The number of aromatic nitrogens is 5. The number of thiazole rings is 1. The van der Waals surface area contributed by atoms with Crippen LogP contribution in [-0.2, 0) is 27.2 Å². The third kappa shape index (κ3) is 4.47. The van der Waals surface area contributed by atoms with E-state index in [0.29, 0.717) is 28.4 Å². The average molecular weight is 421 g/mol. The number of hydrogen-bond acceptors (Lipinski definition) is 9. The summed E-state index contributed by atoms with van der Waals surface area (Å²) >= 11 is 2.71. The quantitative estimate of drug-likeness (QED) is 0.457. The third-order valence-corrected chi connectivity index (χ3v) is 5.32. The van der Waals surface area contributed by atoms with E-state index < -0.39 is 0 Å². The molecule has 3 heterocycles. The highest BCUT2D eigenvalue weighted by Crippen LogP contribution is 2.19. The van der Waals surface area contributed by atoms with Crippen molar-refractivity contribution in [1.82, 2.24) is 24.6 Å². The second-order valence-corrected chi connectivity index (χ2v) is 7.55. The Labute approximate surface area is 169 Å². The van der Waals surface area contributed by atoms with E-state index >= 15 is 0 Å². The largest absolute Gasteiger partial charge is 0.466 e. The van der Waals surface area contributed by atoms with Gasteiger partial charge in [-0.25, -0.2) is 14.5 Å². The monoisotopic (exact) mass is 420 g/mol. The molecule has 0 fully saturated rings. The van der Waals surface area contributed by atoms with Crippen LogP contribution in [-0.4, -0.2) is 49.3 Å². The zero-order chi connectivity index (χ0) is 20.3. The summed E-state index contributed by atoms with van der Waals surface area (Å²) in [7, 11) is 0. The number of rotatable bonds is 7. The highest BCUT2D eigenvalue weighted by Gasteiger charge is 2.17. The Kier molecular flexibility index (Phi) is 6.25. The molecule has 3 aromatic heterocycles. The number of amides is 1. The summed E-state index contributed by atoms with van der Waals surface area (Å²) < 4.78 is 6.56. The Balaban J connectivity index is 1.71. The lowest BCUT2D eigenvalue weighted by molar-refractivity contribution is -0.142. The first-order valence-electron chi connectivity index (χ1n) is 8.58. The minimum absolute atomic E-state index is 0.0864. The van der Waals surface area contributed by atoms with Crippen molar-refractivity contribution in [2.75, 3.05) is 18.2 Å². The zero-order valence-corrected chi connectivity index (χ0v) is 17.6. The Hall–Kier alpha value is -2.53. The maximum absolute atomic E-state index is 12.5. The summed E-state index contributed by atoms with van der Waals surface area (Å²) in [6.45, 7) is 5.82. The van der Waals surface area contributed by atoms with Crippen LogP contribution in [0.4, 0.5) is 5.13 Å². The van der Waals surface area contributed by atoms with Crippen molar-refractivity contribution in [2.45, 2.75) is 38.8 Å². The third-order valence-electron chi connectivity index (χ3n) is 3.98. The summed E-state index contributed by atoms with van der Waals surface area (Å²) in [5, 5.41) is 9.97. The first-order chi connectivity index (χ1) is 13.4. The number of aryl methyl sites for hydroxylation is 2. The predicted octanol–water partition coefficient (Wildman–Crippen LogP) is 2.21. The lowest BCUT2D eigenvalue weighted by atomic mass is 10.1. The van der Waals surface area contributed by atoms with Crippen LogP contribution in [0.2, 0.25) is 0 Å². The number of anilines is 1. The highest BCUT2D eigenvalue weighted by atomic mass is 32.2. The molecule has 1 amide bonds. The van der Waals surface area contributed by atoms with Crippen LogP contribution in [0.1, 0.15) is 29.6 Å². The maximum Gasteiger partial charge on any atom is 0.311 e. The fraction of sp³-hybridized carbons (Fsp3) is 0.412. The number of carbonyl (C=O) groups excluding carboxylic acids is 2. The van der Waals surface area contributed by atoms with Crippen molar-refractivity contribution >= 4 is 45.9 Å². The van der Waals surface area contributed by atoms with Gasteiger partial charge >= 0.3 is 5.97 Å². The summed E-state index contributed by atoms with van der Waals surface area (Å²) in [4.78, 5) is 37.1. The molecule has 0 aliphatic carbocycles. The van der Waals surface area contributed by atoms with E-state index in [4.69, 9.17) is 4.74 Å². The van der Waals surface area contributed by atoms with Crippen LogP contribution < -0.4 is 5.32 Å². The molecule has 0 aliphatic heterocycles. The molecule has 0 aromatic carbocycles. The Morgan fingerprint density at radius 1 is 1.25 bits per heavy atom. The van der Waals surface area contributed by atoms with Gasteiger partial charge in [-0.05, 0) is 27.0 Å². The topological polar surface area (TPSA) is 111 Å². The summed E-state index contributed by atoms with van der Waals surface area (Å²) in [6.07, 6.45) is 2.13. The number of fused-ring (bicyclic) bond motifs is 1. The molecule has 11 heteroatoms. The Bertz CT molecular complexity index is 1030. The molecule has 9 nitrogen and oxygen atoms in total. The van der Waals surface area contributed by atoms with Gasteiger partial charge in [0, 0.05) is 22.3 Å². The number of carbonyl (C=O) groups is 2. The van der Waals surface area contributed by atoms with Crippen molar-refractivity contribution in [3.05, 3.63) is 28.0 Å². The average Bonchev–Trinajstić information content (AvgIpc) is 3.25. The lowest BCUT2D eigenvalue weighted by Gasteiger charge is -2.09. The van der Waals surface area contributed by atoms with Crippen molar-refractivity contribution in [2.24, 2.45) is 0 Å². The molecule has 0 aliphatic rings. The maximum atomic E-state index is 12.5. The van der Waals surface area contributed by atoms with Gasteiger partial charge in [-0.3, -0.25) is 9.59 Å². The molecule has 0 bridgehead atoms. The number of nitrogens with zero attached hydrogens (tertiary/aromatic N) is 5. The van der Waals surface area contributed by atoms with Crippen molar-refractivity contribution in [3.63, 3.8) is 0 Å². The molecule has 3 rings (SSSR count). The van der Waals surface area contributed by atoms with E-state index in [1.54, 1.807) is 16.8 Å². The molecule has 3 aromatic rings. The van der Waals surface area contributed by atoms with Crippen LogP contribution in [0.3, 0.4) is 0 Å². The van der Waals surface area contributed by atoms with E-state index in [1.165, 1.54) is 23.1 Å². The van der Waals surface area contributed by atoms with Crippen LogP contribution in [0, 0.1) is 13.8 Å². The van der Waals surface area contributed by atoms with Gasteiger partial charge in [0.25, 0.3) is 5.78 Å². The molecule has 148 valence electrons. The second-order valence-electron chi connectivity index (χ2n) is 5.92. The smallest absolute Gasteiger partial charge is 0.311 e. The summed E-state index contributed by atoms with van der Waals surface area (Å²) in [5.74, 6) is -0.0321. The summed E-state index contributed by atoms with van der Waals surface area (Å²) in [6, 6.07) is 0. The SMILES string of the molecule is CCOC(=O)Cc1csc(NC(=O)Cc2c(C)nc3nc(SC)nn3c2C)n1. The van der Waals surface area contributed by atoms with Gasteiger partial charge in [0.15, 0.2) is 5.13 Å².